The van der Waals surface area contributed by atoms with E-state index in [4.69, 9.17) is 5.26 Å². The molecule has 2 aromatic heterocycles. The standard InChI is InChI=1S/C18H18N6O/c1-12(2)23(11-15-6-4-14(10-19)5-7-15)17(25)16-21-18-20-9-8-13(3)24(18)22-16/h4-9,12H,11H2,1-3H3. The molecule has 3 rings (SSSR count). The summed E-state index contributed by atoms with van der Waals surface area (Å²) < 4.78 is 1.56. The molecule has 3 aromatic rings. The van der Waals surface area contributed by atoms with Crippen LogP contribution in [0.5, 0.6) is 0 Å². The number of amides is 1. The van der Waals surface area contributed by atoms with Gasteiger partial charge in [0.05, 0.1) is 11.6 Å². The monoisotopic (exact) mass is 334 g/mol. The maximum Gasteiger partial charge on any atom is 0.294 e. The molecule has 7 nitrogen and oxygen atoms in total. The molecule has 0 atom stereocenters. The van der Waals surface area contributed by atoms with Gasteiger partial charge in [-0.05, 0) is 44.5 Å². The van der Waals surface area contributed by atoms with Gasteiger partial charge in [-0.3, -0.25) is 4.79 Å². The van der Waals surface area contributed by atoms with Gasteiger partial charge in [-0.15, -0.1) is 5.10 Å². The molecule has 0 spiro atoms. The SMILES string of the molecule is Cc1ccnc2nc(C(=O)N(Cc3ccc(C#N)cc3)C(C)C)nn12. The number of nitriles is 1. The van der Waals surface area contributed by atoms with Gasteiger partial charge in [-0.25, -0.2) is 9.50 Å². The molecule has 0 saturated carbocycles. The molecule has 2 heterocycles. The van der Waals surface area contributed by atoms with Gasteiger partial charge in [-0.1, -0.05) is 12.1 Å². The van der Waals surface area contributed by atoms with Crippen LogP contribution in [0.1, 0.15) is 41.3 Å². The minimum atomic E-state index is -0.246. The van der Waals surface area contributed by atoms with Gasteiger partial charge in [0.1, 0.15) is 0 Å². The Morgan fingerprint density at radius 3 is 2.60 bits per heavy atom. The molecular formula is C18H18N6O. The van der Waals surface area contributed by atoms with E-state index in [0.29, 0.717) is 17.9 Å². The second kappa shape index (κ2) is 6.69. The van der Waals surface area contributed by atoms with Crippen molar-refractivity contribution in [2.24, 2.45) is 0 Å². The van der Waals surface area contributed by atoms with Crippen molar-refractivity contribution in [3.63, 3.8) is 0 Å². The Balaban J connectivity index is 1.89. The number of hydrogen-bond donors (Lipinski definition) is 0. The highest BCUT2D eigenvalue weighted by Crippen LogP contribution is 2.13. The molecule has 0 aliphatic rings. The number of hydrogen-bond acceptors (Lipinski definition) is 5. The smallest absolute Gasteiger partial charge is 0.294 e. The largest absolute Gasteiger partial charge is 0.329 e. The Morgan fingerprint density at radius 1 is 1.28 bits per heavy atom. The molecule has 0 bridgehead atoms. The molecule has 0 N–H and O–H groups in total. The van der Waals surface area contributed by atoms with E-state index in [9.17, 15) is 4.79 Å². The number of aromatic nitrogens is 4. The van der Waals surface area contributed by atoms with E-state index in [1.165, 1.54) is 0 Å². The van der Waals surface area contributed by atoms with Crippen molar-refractivity contribution in [1.29, 1.82) is 5.26 Å². The lowest BCUT2D eigenvalue weighted by Gasteiger charge is -2.25. The van der Waals surface area contributed by atoms with Crippen molar-refractivity contribution in [3.05, 3.63) is 59.2 Å². The molecule has 25 heavy (non-hydrogen) atoms. The lowest BCUT2D eigenvalue weighted by Crippen LogP contribution is -2.37. The van der Waals surface area contributed by atoms with E-state index in [0.717, 1.165) is 11.3 Å². The first-order chi connectivity index (χ1) is 12.0. The van der Waals surface area contributed by atoms with Gasteiger partial charge in [0.2, 0.25) is 5.82 Å². The summed E-state index contributed by atoms with van der Waals surface area (Å²) in [6.45, 7) is 6.19. The molecule has 1 amide bonds. The van der Waals surface area contributed by atoms with Crippen LogP contribution in [0.2, 0.25) is 0 Å². The average molecular weight is 334 g/mol. The molecule has 0 aliphatic heterocycles. The quantitative estimate of drug-likeness (QED) is 0.731. The summed E-state index contributed by atoms with van der Waals surface area (Å²) in [6.07, 6.45) is 1.64. The average Bonchev–Trinajstić information content (AvgIpc) is 3.05. The third kappa shape index (κ3) is 3.33. The molecule has 0 aliphatic carbocycles. The fourth-order valence-corrected chi connectivity index (χ4v) is 2.50. The third-order valence-electron chi connectivity index (χ3n) is 3.94. The van der Waals surface area contributed by atoms with Crippen molar-refractivity contribution in [1.82, 2.24) is 24.5 Å². The molecule has 0 fully saturated rings. The number of fused-ring (bicyclic) bond motifs is 1. The Morgan fingerprint density at radius 2 is 2.00 bits per heavy atom. The van der Waals surface area contributed by atoms with Crippen molar-refractivity contribution < 1.29 is 4.79 Å². The molecule has 1 aromatic carbocycles. The topological polar surface area (TPSA) is 87.2 Å². The summed E-state index contributed by atoms with van der Waals surface area (Å²) >= 11 is 0. The van der Waals surface area contributed by atoms with E-state index in [1.807, 2.05) is 39.0 Å². The van der Waals surface area contributed by atoms with Gasteiger partial charge in [-0.2, -0.15) is 10.2 Å². The first-order valence-electron chi connectivity index (χ1n) is 7.98. The number of benzene rings is 1. The molecule has 7 heteroatoms. The van der Waals surface area contributed by atoms with Crippen molar-refractivity contribution >= 4 is 11.7 Å². The van der Waals surface area contributed by atoms with E-state index in [2.05, 4.69) is 21.1 Å². The van der Waals surface area contributed by atoms with Gasteiger partial charge >= 0.3 is 0 Å². The Bertz CT molecular complexity index is 952. The molecular weight excluding hydrogens is 316 g/mol. The number of nitrogens with zero attached hydrogens (tertiary/aromatic N) is 6. The van der Waals surface area contributed by atoms with E-state index in [1.54, 1.807) is 27.7 Å². The minimum Gasteiger partial charge on any atom is -0.329 e. The fourth-order valence-electron chi connectivity index (χ4n) is 2.50. The van der Waals surface area contributed by atoms with Gasteiger partial charge in [0, 0.05) is 24.5 Å². The summed E-state index contributed by atoms with van der Waals surface area (Å²) in [4.78, 5) is 23.0. The maximum absolute atomic E-state index is 12.9. The van der Waals surface area contributed by atoms with Gasteiger partial charge < -0.3 is 4.90 Å². The van der Waals surface area contributed by atoms with Crippen LogP contribution in [0.25, 0.3) is 5.78 Å². The maximum atomic E-state index is 12.9. The predicted octanol–water partition coefficient (Wildman–Crippen LogP) is 2.36. The van der Waals surface area contributed by atoms with Crippen molar-refractivity contribution in [2.45, 2.75) is 33.4 Å². The first-order valence-corrected chi connectivity index (χ1v) is 7.98. The van der Waals surface area contributed by atoms with Crippen molar-refractivity contribution in [2.75, 3.05) is 0 Å². The van der Waals surface area contributed by atoms with E-state index in [-0.39, 0.29) is 17.8 Å². The lowest BCUT2D eigenvalue weighted by molar-refractivity contribution is 0.0678. The zero-order chi connectivity index (χ0) is 18.0. The Hall–Kier alpha value is -3.27. The van der Waals surface area contributed by atoms with Crippen LogP contribution in [0.3, 0.4) is 0 Å². The van der Waals surface area contributed by atoms with Crippen LogP contribution in [0.15, 0.2) is 36.5 Å². The fraction of sp³-hybridized carbons (Fsp3) is 0.278. The van der Waals surface area contributed by atoms with E-state index < -0.39 is 0 Å². The summed E-state index contributed by atoms with van der Waals surface area (Å²) in [5.41, 5.74) is 2.40. The lowest BCUT2D eigenvalue weighted by atomic mass is 10.1. The summed E-state index contributed by atoms with van der Waals surface area (Å²) in [5, 5.41) is 13.2. The Labute approximate surface area is 145 Å². The highest BCUT2D eigenvalue weighted by molar-refractivity contribution is 5.91. The van der Waals surface area contributed by atoms with Crippen LogP contribution in [0, 0.1) is 18.3 Å². The van der Waals surface area contributed by atoms with Crippen LogP contribution in [-0.4, -0.2) is 36.4 Å². The highest BCUT2D eigenvalue weighted by Gasteiger charge is 2.23. The van der Waals surface area contributed by atoms with Crippen LogP contribution in [-0.2, 0) is 6.54 Å². The number of carbonyl (C=O) groups excluding carboxylic acids is 1. The van der Waals surface area contributed by atoms with Crippen LogP contribution in [0.4, 0.5) is 0 Å². The van der Waals surface area contributed by atoms with Gasteiger partial charge in [0.25, 0.3) is 11.7 Å². The molecule has 0 radical (unpaired) electrons. The summed E-state index contributed by atoms with van der Waals surface area (Å²) in [7, 11) is 0. The number of carbonyl (C=O) groups is 1. The summed E-state index contributed by atoms with van der Waals surface area (Å²) in [6, 6.07) is 11.1. The summed E-state index contributed by atoms with van der Waals surface area (Å²) in [5.74, 6) is 0.291. The molecule has 126 valence electrons. The highest BCUT2D eigenvalue weighted by atomic mass is 16.2. The molecule has 0 unspecified atom stereocenters. The van der Waals surface area contributed by atoms with E-state index >= 15 is 0 Å². The minimum absolute atomic E-state index is 0.0242. The first kappa shape index (κ1) is 16.6. The van der Waals surface area contributed by atoms with Crippen molar-refractivity contribution in [3.8, 4) is 6.07 Å². The second-order valence-electron chi connectivity index (χ2n) is 6.07. The molecule has 0 saturated heterocycles. The third-order valence-corrected chi connectivity index (χ3v) is 3.94. The number of aryl methyl sites for hydroxylation is 1. The zero-order valence-corrected chi connectivity index (χ0v) is 14.3. The van der Waals surface area contributed by atoms with Gasteiger partial charge in [0.15, 0.2) is 0 Å². The van der Waals surface area contributed by atoms with Crippen LogP contribution >= 0.6 is 0 Å². The zero-order valence-electron chi connectivity index (χ0n) is 14.3. The Kier molecular flexibility index (Phi) is 4.44. The number of rotatable bonds is 4. The predicted molar refractivity (Wildman–Crippen MR) is 91.7 cm³/mol. The second-order valence-corrected chi connectivity index (χ2v) is 6.07. The van der Waals surface area contributed by atoms with Crippen LogP contribution < -0.4 is 0 Å². The normalized spacial score (nSPS) is 10.8.